The number of aryl methyl sites for hydroxylation is 1. The monoisotopic (exact) mass is 295 g/mol. The maximum absolute atomic E-state index is 13.5. The van der Waals surface area contributed by atoms with Gasteiger partial charge < -0.3 is 5.11 Å². The van der Waals surface area contributed by atoms with Crippen LogP contribution >= 0.6 is 0 Å². The van der Waals surface area contributed by atoms with Gasteiger partial charge in [0.2, 0.25) is 0 Å². The van der Waals surface area contributed by atoms with Crippen molar-refractivity contribution in [2.24, 2.45) is 0 Å². The Hall–Kier alpha value is -2.31. The molecule has 1 aromatic carbocycles. The molecule has 0 bridgehead atoms. The molecule has 2 aromatic rings. The summed E-state index contributed by atoms with van der Waals surface area (Å²) >= 11 is 0. The Kier molecular flexibility index (Phi) is 4.97. The molecule has 0 atom stereocenters. The third-order valence-corrected chi connectivity index (χ3v) is 3.01. The molecule has 0 unspecified atom stereocenters. The van der Waals surface area contributed by atoms with Crippen LogP contribution in [0.5, 0.6) is 0 Å². The summed E-state index contributed by atoms with van der Waals surface area (Å²) in [4.78, 5) is 10.4. The van der Waals surface area contributed by atoms with Gasteiger partial charge in [-0.2, -0.15) is 0 Å². The summed E-state index contributed by atoms with van der Waals surface area (Å²) < 4.78 is 27.8. The van der Waals surface area contributed by atoms with Crippen molar-refractivity contribution in [2.75, 3.05) is 0 Å². The highest BCUT2D eigenvalue weighted by Gasteiger charge is 2.07. The van der Waals surface area contributed by atoms with E-state index in [1.807, 2.05) is 0 Å². The first kappa shape index (κ1) is 15.1. The maximum Gasteiger partial charge on any atom is 0.303 e. The molecule has 0 radical (unpaired) electrons. The summed E-state index contributed by atoms with van der Waals surface area (Å²) in [6.45, 7) is 0.175. The predicted molar refractivity (Wildman–Crippen MR) is 70.7 cm³/mol. The van der Waals surface area contributed by atoms with E-state index in [9.17, 15) is 13.6 Å². The van der Waals surface area contributed by atoms with E-state index in [-0.39, 0.29) is 13.0 Å². The fourth-order valence-corrected chi connectivity index (χ4v) is 1.94. The molecule has 0 amide bonds. The van der Waals surface area contributed by atoms with E-state index in [0.29, 0.717) is 24.8 Å². The second-order valence-corrected chi connectivity index (χ2v) is 4.74. The van der Waals surface area contributed by atoms with Crippen LogP contribution in [0.3, 0.4) is 0 Å². The van der Waals surface area contributed by atoms with Gasteiger partial charge >= 0.3 is 5.97 Å². The summed E-state index contributed by atoms with van der Waals surface area (Å²) in [5, 5.41) is 16.4. The number of benzene rings is 1. The third-order valence-electron chi connectivity index (χ3n) is 3.01. The minimum Gasteiger partial charge on any atom is -0.481 e. The highest BCUT2D eigenvalue weighted by Crippen LogP contribution is 2.11. The van der Waals surface area contributed by atoms with Crippen molar-refractivity contribution >= 4 is 5.97 Å². The van der Waals surface area contributed by atoms with Gasteiger partial charge in [-0.1, -0.05) is 11.3 Å². The Balaban J connectivity index is 1.89. The molecular weight excluding hydrogens is 280 g/mol. The number of halogens is 2. The van der Waals surface area contributed by atoms with Gasteiger partial charge in [0, 0.05) is 24.2 Å². The van der Waals surface area contributed by atoms with Crippen LogP contribution in [0.4, 0.5) is 8.78 Å². The minimum absolute atomic E-state index is 0.134. The molecule has 1 heterocycles. The molecular formula is C14H15F2N3O2. The SMILES string of the molecule is O=C(O)CCCCc1cn(Cc2ccc(F)cc2F)nn1. The van der Waals surface area contributed by atoms with Crippen molar-refractivity contribution < 1.29 is 18.7 Å². The fraction of sp³-hybridized carbons (Fsp3) is 0.357. The Labute approximate surface area is 120 Å². The van der Waals surface area contributed by atoms with Crippen molar-refractivity contribution in [3.63, 3.8) is 0 Å². The van der Waals surface area contributed by atoms with Gasteiger partial charge in [-0.15, -0.1) is 5.10 Å². The van der Waals surface area contributed by atoms with E-state index in [1.165, 1.54) is 16.8 Å². The Bertz CT molecular complexity index is 628. The van der Waals surface area contributed by atoms with Gasteiger partial charge in [-0.25, -0.2) is 13.5 Å². The van der Waals surface area contributed by atoms with Crippen molar-refractivity contribution in [1.29, 1.82) is 0 Å². The molecule has 0 aliphatic rings. The quantitative estimate of drug-likeness (QED) is 0.796. The zero-order chi connectivity index (χ0) is 15.2. The van der Waals surface area contributed by atoms with Crippen LogP contribution in [0, 0.1) is 11.6 Å². The lowest BCUT2D eigenvalue weighted by Crippen LogP contribution is -2.03. The summed E-state index contributed by atoms with van der Waals surface area (Å²) in [6, 6.07) is 3.40. The zero-order valence-corrected chi connectivity index (χ0v) is 11.3. The van der Waals surface area contributed by atoms with E-state index < -0.39 is 17.6 Å². The van der Waals surface area contributed by atoms with Crippen LogP contribution in [0.15, 0.2) is 24.4 Å². The summed E-state index contributed by atoms with van der Waals surface area (Å²) in [6.07, 6.45) is 3.72. The van der Waals surface area contributed by atoms with Crippen molar-refractivity contribution in [3.8, 4) is 0 Å². The molecule has 0 saturated heterocycles. The molecule has 1 aromatic heterocycles. The first-order valence-corrected chi connectivity index (χ1v) is 6.59. The molecule has 0 saturated carbocycles. The molecule has 0 aliphatic carbocycles. The molecule has 0 spiro atoms. The second-order valence-electron chi connectivity index (χ2n) is 4.74. The smallest absolute Gasteiger partial charge is 0.303 e. The highest BCUT2D eigenvalue weighted by atomic mass is 19.1. The van der Waals surface area contributed by atoms with E-state index in [2.05, 4.69) is 10.3 Å². The van der Waals surface area contributed by atoms with Crippen LogP contribution in [0.25, 0.3) is 0 Å². The van der Waals surface area contributed by atoms with Crippen LogP contribution in [-0.4, -0.2) is 26.1 Å². The molecule has 112 valence electrons. The van der Waals surface area contributed by atoms with E-state index in [1.54, 1.807) is 6.20 Å². The number of rotatable bonds is 7. The second kappa shape index (κ2) is 6.92. The number of unbranched alkanes of at least 4 members (excludes halogenated alkanes) is 1. The Morgan fingerprint density at radius 3 is 2.81 bits per heavy atom. The average Bonchev–Trinajstić information content (AvgIpc) is 2.85. The molecule has 1 N–H and O–H groups in total. The van der Waals surface area contributed by atoms with Gasteiger partial charge in [0.05, 0.1) is 12.2 Å². The minimum atomic E-state index is -0.814. The standard InChI is InChI=1S/C14H15F2N3O2/c15-11-6-5-10(13(16)7-11)8-19-9-12(17-18-19)3-1-2-4-14(20)21/h5-7,9H,1-4,8H2,(H,20,21). The molecule has 7 heteroatoms. The molecule has 21 heavy (non-hydrogen) atoms. The third kappa shape index (κ3) is 4.62. The van der Waals surface area contributed by atoms with Crippen LogP contribution in [-0.2, 0) is 17.8 Å². The van der Waals surface area contributed by atoms with Crippen molar-refractivity contribution in [1.82, 2.24) is 15.0 Å². The van der Waals surface area contributed by atoms with Gasteiger partial charge in [0.25, 0.3) is 0 Å². The number of hydrogen-bond acceptors (Lipinski definition) is 3. The summed E-state index contributed by atoms with van der Waals surface area (Å²) in [5.41, 5.74) is 1.06. The Morgan fingerprint density at radius 2 is 2.10 bits per heavy atom. The van der Waals surface area contributed by atoms with Gasteiger partial charge in [0.1, 0.15) is 11.6 Å². The topological polar surface area (TPSA) is 68.0 Å². The van der Waals surface area contributed by atoms with Crippen LogP contribution < -0.4 is 0 Å². The van der Waals surface area contributed by atoms with E-state index in [0.717, 1.165) is 11.8 Å². The summed E-state index contributed by atoms with van der Waals surface area (Å²) in [7, 11) is 0. The lowest BCUT2D eigenvalue weighted by Gasteiger charge is -2.02. The fourth-order valence-electron chi connectivity index (χ4n) is 1.94. The molecule has 0 aliphatic heterocycles. The normalized spacial score (nSPS) is 10.8. The number of aromatic nitrogens is 3. The number of aliphatic carboxylic acids is 1. The van der Waals surface area contributed by atoms with Crippen molar-refractivity contribution in [3.05, 3.63) is 47.3 Å². The lowest BCUT2D eigenvalue weighted by molar-refractivity contribution is -0.137. The predicted octanol–water partition coefficient (Wildman–Crippen LogP) is 2.40. The van der Waals surface area contributed by atoms with E-state index in [4.69, 9.17) is 5.11 Å². The van der Waals surface area contributed by atoms with Gasteiger partial charge in [-0.3, -0.25) is 4.79 Å². The number of hydrogen-bond donors (Lipinski definition) is 1. The summed E-state index contributed by atoms with van der Waals surface area (Å²) in [5.74, 6) is -2.05. The first-order chi connectivity index (χ1) is 10.0. The number of nitrogens with zero attached hydrogens (tertiary/aromatic N) is 3. The van der Waals surface area contributed by atoms with Crippen molar-refractivity contribution in [2.45, 2.75) is 32.2 Å². The average molecular weight is 295 g/mol. The van der Waals surface area contributed by atoms with E-state index >= 15 is 0 Å². The molecule has 2 rings (SSSR count). The lowest BCUT2D eigenvalue weighted by atomic mass is 10.1. The number of carbonyl (C=O) groups is 1. The Morgan fingerprint density at radius 1 is 1.29 bits per heavy atom. The molecule has 5 nitrogen and oxygen atoms in total. The maximum atomic E-state index is 13.5. The van der Waals surface area contributed by atoms with Gasteiger partial charge in [0.15, 0.2) is 0 Å². The number of carboxylic acids is 1. The van der Waals surface area contributed by atoms with Crippen LogP contribution in [0.1, 0.15) is 30.5 Å². The highest BCUT2D eigenvalue weighted by molar-refractivity contribution is 5.66. The first-order valence-electron chi connectivity index (χ1n) is 6.59. The largest absolute Gasteiger partial charge is 0.481 e. The zero-order valence-electron chi connectivity index (χ0n) is 11.3. The number of carboxylic acid groups (broad SMARTS) is 1. The van der Waals surface area contributed by atoms with Gasteiger partial charge in [-0.05, 0) is 25.3 Å². The molecule has 0 fully saturated rings. The van der Waals surface area contributed by atoms with Crippen LogP contribution in [0.2, 0.25) is 0 Å².